The molecule has 1 aliphatic rings. The SMILES string of the molecule is COc1nc(OC)nc(OC2CCCCC2N)n1. The van der Waals surface area contributed by atoms with E-state index in [1.807, 2.05) is 0 Å². The van der Waals surface area contributed by atoms with Crippen LogP contribution in [0.4, 0.5) is 0 Å². The van der Waals surface area contributed by atoms with Crippen molar-refractivity contribution in [2.24, 2.45) is 5.73 Å². The van der Waals surface area contributed by atoms with Gasteiger partial charge in [-0.2, -0.15) is 0 Å². The van der Waals surface area contributed by atoms with Gasteiger partial charge in [-0.15, -0.1) is 15.0 Å². The Hall–Kier alpha value is -1.63. The summed E-state index contributed by atoms with van der Waals surface area (Å²) in [6, 6.07) is 0.552. The Morgan fingerprint density at radius 1 is 0.944 bits per heavy atom. The number of methoxy groups -OCH3 is 2. The normalized spacial score (nSPS) is 23.5. The first kappa shape index (κ1) is 12.8. The lowest BCUT2D eigenvalue weighted by atomic mass is 9.93. The second-order valence-electron chi connectivity index (χ2n) is 4.20. The van der Waals surface area contributed by atoms with Gasteiger partial charge in [0.15, 0.2) is 0 Å². The minimum atomic E-state index is -0.0597. The minimum Gasteiger partial charge on any atom is -0.467 e. The summed E-state index contributed by atoms with van der Waals surface area (Å²) >= 11 is 0. The monoisotopic (exact) mass is 254 g/mol. The zero-order valence-corrected chi connectivity index (χ0v) is 10.6. The Morgan fingerprint density at radius 2 is 1.50 bits per heavy atom. The van der Waals surface area contributed by atoms with Crippen LogP contribution in [0.3, 0.4) is 0 Å². The molecular weight excluding hydrogens is 236 g/mol. The molecular formula is C11H18N4O3. The van der Waals surface area contributed by atoms with Crippen molar-refractivity contribution in [3.63, 3.8) is 0 Å². The van der Waals surface area contributed by atoms with Crippen LogP contribution in [-0.2, 0) is 0 Å². The molecule has 0 amide bonds. The first-order chi connectivity index (χ1) is 8.72. The van der Waals surface area contributed by atoms with E-state index in [0.29, 0.717) is 0 Å². The predicted octanol–water partition coefficient (Wildman–Crippen LogP) is 0.537. The number of ether oxygens (including phenoxy) is 3. The number of aromatic nitrogens is 3. The molecule has 2 atom stereocenters. The maximum absolute atomic E-state index is 6.01. The van der Waals surface area contributed by atoms with Crippen molar-refractivity contribution in [3.8, 4) is 18.0 Å². The van der Waals surface area contributed by atoms with Crippen LogP contribution in [0.5, 0.6) is 18.0 Å². The molecule has 2 rings (SSSR count). The summed E-state index contributed by atoms with van der Waals surface area (Å²) in [4.78, 5) is 12.0. The zero-order valence-electron chi connectivity index (χ0n) is 10.6. The van der Waals surface area contributed by atoms with Crippen molar-refractivity contribution in [2.45, 2.75) is 37.8 Å². The summed E-state index contributed by atoms with van der Waals surface area (Å²) in [6.45, 7) is 0. The molecule has 1 heterocycles. The second-order valence-corrected chi connectivity index (χ2v) is 4.20. The fourth-order valence-corrected chi connectivity index (χ4v) is 1.96. The summed E-state index contributed by atoms with van der Waals surface area (Å²) in [6.07, 6.45) is 4.07. The van der Waals surface area contributed by atoms with Crippen LogP contribution in [0.25, 0.3) is 0 Å². The van der Waals surface area contributed by atoms with Gasteiger partial charge in [0.1, 0.15) is 6.10 Å². The van der Waals surface area contributed by atoms with Gasteiger partial charge in [-0.1, -0.05) is 6.42 Å². The molecule has 1 fully saturated rings. The quantitative estimate of drug-likeness (QED) is 0.838. The molecule has 0 aromatic carbocycles. The first-order valence-corrected chi connectivity index (χ1v) is 5.99. The molecule has 1 aliphatic carbocycles. The lowest BCUT2D eigenvalue weighted by Gasteiger charge is -2.28. The van der Waals surface area contributed by atoms with Crippen LogP contribution in [0, 0.1) is 0 Å². The molecule has 2 unspecified atom stereocenters. The maximum Gasteiger partial charge on any atom is 0.326 e. The van der Waals surface area contributed by atoms with Crippen molar-refractivity contribution in [1.82, 2.24) is 15.0 Å². The van der Waals surface area contributed by atoms with Crippen molar-refractivity contribution in [3.05, 3.63) is 0 Å². The molecule has 7 heteroatoms. The number of nitrogens with zero attached hydrogens (tertiary/aromatic N) is 3. The van der Waals surface area contributed by atoms with Crippen LogP contribution in [0.1, 0.15) is 25.7 Å². The van der Waals surface area contributed by atoms with Crippen LogP contribution >= 0.6 is 0 Å². The largest absolute Gasteiger partial charge is 0.467 e. The summed E-state index contributed by atoms with van der Waals surface area (Å²) in [5.74, 6) is 0. The van der Waals surface area contributed by atoms with E-state index in [4.69, 9.17) is 19.9 Å². The smallest absolute Gasteiger partial charge is 0.326 e. The lowest BCUT2D eigenvalue weighted by molar-refractivity contribution is 0.117. The molecule has 0 saturated heterocycles. The van der Waals surface area contributed by atoms with E-state index in [9.17, 15) is 0 Å². The van der Waals surface area contributed by atoms with Gasteiger partial charge in [-0.25, -0.2) is 0 Å². The second kappa shape index (κ2) is 5.81. The molecule has 1 saturated carbocycles. The minimum absolute atomic E-state index is 0.0208. The third-order valence-corrected chi connectivity index (χ3v) is 2.95. The van der Waals surface area contributed by atoms with Crippen molar-refractivity contribution >= 4 is 0 Å². The van der Waals surface area contributed by atoms with Gasteiger partial charge in [0.05, 0.1) is 14.2 Å². The summed E-state index contributed by atoms with van der Waals surface area (Å²) in [7, 11) is 2.95. The topological polar surface area (TPSA) is 92.4 Å². The zero-order chi connectivity index (χ0) is 13.0. The highest BCUT2D eigenvalue weighted by Gasteiger charge is 2.25. The number of hydrogen-bond acceptors (Lipinski definition) is 7. The van der Waals surface area contributed by atoms with Crippen molar-refractivity contribution in [1.29, 1.82) is 0 Å². The molecule has 0 aliphatic heterocycles. The molecule has 0 bridgehead atoms. The third-order valence-electron chi connectivity index (χ3n) is 2.95. The predicted molar refractivity (Wildman–Crippen MR) is 63.8 cm³/mol. The Bertz CT molecular complexity index is 380. The third kappa shape index (κ3) is 2.98. The van der Waals surface area contributed by atoms with Gasteiger partial charge in [0, 0.05) is 6.04 Å². The molecule has 2 N–H and O–H groups in total. The van der Waals surface area contributed by atoms with E-state index in [1.54, 1.807) is 0 Å². The fraction of sp³-hybridized carbons (Fsp3) is 0.727. The van der Waals surface area contributed by atoms with Gasteiger partial charge < -0.3 is 19.9 Å². The highest BCUT2D eigenvalue weighted by atomic mass is 16.5. The van der Waals surface area contributed by atoms with Crippen molar-refractivity contribution < 1.29 is 14.2 Å². The van der Waals surface area contributed by atoms with E-state index in [1.165, 1.54) is 14.2 Å². The van der Waals surface area contributed by atoms with E-state index >= 15 is 0 Å². The fourth-order valence-electron chi connectivity index (χ4n) is 1.96. The highest BCUT2D eigenvalue weighted by Crippen LogP contribution is 2.22. The van der Waals surface area contributed by atoms with Crippen molar-refractivity contribution in [2.75, 3.05) is 14.2 Å². The number of rotatable bonds is 4. The first-order valence-electron chi connectivity index (χ1n) is 5.99. The van der Waals surface area contributed by atoms with Gasteiger partial charge >= 0.3 is 18.0 Å². The molecule has 0 radical (unpaired) electrons. The van der Waals surface area contributed by atoms with Crippen LogP contribution in [-0.4, -0.2) is 41.3 Å². The molecule has 1 aromatic rings. The number of nitrogens with two attached hydrogens (primary N) is 1. The lowest BCUT2D eigenvalue weighted by Crippen LogP contribution is -2.41. The molecule has 18 heavy (non-hydrogen) atoms. The highest BCUT2D eigenvalue weighted by molar-refractivity contribution is 5.09. The molecule has 1 aromatic heterocycles. The van der Waals surface area contributed by atoms with E-state index < -0.39 is 0 Å². The molecule has 100 valence electrons. The Balaban J connectivity index is 2.12. The standard InChI is InChI=1S/C11H18N4O3/c1-16-9-13-10(17-2)15-11(14-9)18-8-6-4-3-5-7(8)12/h7-8H,3-6,12H2,1-2H3. The van der Waals surface area contributed by atoms with Gasteiger partial charge in [-0.05, 0) is 19.3 Å². The summed E-state index contributed by atoms with van der Waals surface area (Å²) < 4.78 is 15.6. The van der Waals surface area contributed by atoms with E-state index in [2.05, 4.69) is 15.0 Å². The number of hydrogen-bond donors (Lipinski definition) is 1. The summed E-state index contributed by atoms with van der Waals surface area (Å²) in [5.41, 5.74) is 6.01. The van der Waals surface area contributed by atoms with E-state index in [0.717, 1.165) is 25.7 Å². The van der Waals surface area contributed by atoms with Crippen LogP contribution in [0.2, 0.25) is 0 Å². The molecule has 0 spiro atoms. The van der Waals surface area contributed by atoms with Gasteiger partial charge in [0.25, 0.3) is 0 Å². The van der Waals surface area contributed by atoms with Gasteiger partial charge in [0.2, 0.25) is 0 Å². The molecule has 7 nitrogen and oxygen atoms in total. The average molecular weight is 254 g/mol. The van der Waals surface area contributed by atoms with Gasteiger partial charge in [-0.3, -0.25) is 0 Å². The Morgan fingerprint density at radius 3 is 2.06 bits per heavy atom. The Labute approximate surface area is 106 Å². The van der Waals surface area contributed by atoms with Crippen LogP contribution < -0.4 is 19.9 Å². The average Bonchev–Trinajstić information content (AvgIpc) is 2.41. The van der Waals surface area contributed by atoms with Crippen LogP contribution in [0.15, 0.2) is 0 Å². The summed E-state index contributed by atoms with van der Waals surface area (Å²) in [5, 5.41) is 0. The Kier molecular flexibility index (Phi) is 4.14. The van der Waals surface area contributed by atoms with E-state index in [-0.39, 0.29) is 30.2 Å². The maximum atomic E-state index is 6.01.